The van der Waals surface area contributed by atoms with Crippen molar-refractivity contribution in [2.45, 2.75) is 6.54 Å². The van der Waals surface area contributed by atoms with Crippen molar-refractivity contribution in [3.63, 3.8) is 0 Å². The Kier molecular flexibility index (Phi) is 5.52. The molecule has 0 aliphatic heterocycles. The third-order valence-electron chi connectivity index (χ3n) is 3.83. The summed E-state index contributed by atoms with van der Waals surface area (Å²) in [5.41, 5.74) is 1.02. The van der Waals surface area contributed by atoms with E-state index in [2.05, 4.69) is 15.2 Å². The van der Waals surface area contributed by atoms with Crippen molar-refractivity contribution < 1.29 is 18.7 Å². The summed E-state index contributed by atoms with van der Waals surface area (Å²) in [7, 11) is 1.29. The molecule has 27 heavy (non-hydrogen) atoms. The Balaban J connectivity index is 1.68. The van der Waals surface area contributed by atoms with E-state index >= 15 is 0 Å². The fraction of sp³-hybridized carbons (Fsp3) is 0.105. The van der Waals surface area contributed by atoms with Crippen LogP contribution in [0.25, 0.3) is 0 Å². The summed E-state index contributed by atoms with van der Waals surface area (Å²) in [6.45, 7) is 0.134. The molecule has 0 saturated carbocycles. The van der Waals surface area contributed by atoms with Crippen molar-refractivity contribution in [3.8, 4) is 0 Å². The predicted octanol–water partition coefficient (Wildman–Crippen LogP) is 3.76. The van der Waals surface area contributed by atoms with Gasteiger partial charge >= 0.3 is 5.97 Å². The van der Waals surface area contributed by atoms with Crippen LogP contribution in [0.1, 0.15) is 26.3 Å². The van der Waals surface area contributed by atoms with Gasteiger partial charge in [0, 0.05) is 28.4 Å². The summed E-state index contributed by atoms with van der Waals surface area (Å²) in [5.74, 6) is -0.980. The van der Waals surface area contributed by atoms with Gasteiger partial charge in [-0.2, -0.15) is 5.10 Å². The molecule has 0 aliphatic carbocycles. The van der Waals surface area contributed by atoms with Gasteiger partial charge < -0.3 is 10.1 Å². The van der Waals surface area contributed by atoms with E-state index in [0.29, 0.717) is 27.5 Å². The summed E-state index contributed by atoms with van der Waals surface area (Å²) in [4.78, 5) is 23.7. The molecule has 2 aromatic carbocycles. The number of hydrogen-bond donors (Lipinski definition) is 1. The molecule has 0 atom stereocenters. The number of methoxy groups -OCH3 is 1. The number of benzene rings is 2. The van der Waals surface area contributed by atoms with Crippen LogP contribution in [-0.2, 0) is 11.3 Å². The summed E-state index contributed by atoms with van der Waals surface area (Å²) >= 11 is 6.01. The minimum absolute atomic E-state index is 0.134. The van der Waals surface area contributed by atoms with Crippen LogP contribution in [0, 0.1) is 5.82 Å². The molecule has 1 aromatic heterocycles. The van der Waals surface area contributed by atoms with Gasteiger partial charge in [-0.3, -0.25) is 9.48 Å². The molecule has 3 aromatic rings. The van der Waals surface area contributed by atoms with E-state index in [1.807, 2.05) is 0 Å². The van der Waals surface area contributed by atoms with Gasteiger partial charge in [-0.15, -0.1) is 0 Å². The lowest BCUT2D eigenvalue weighted by Crippen LogP contribution is -2.13. The molecule has 0 spiro atoms. The van der Waals surface area contributed by atoms with Crippen molar-refractivity contribution >= 4 is 29.3 Å². The lowest BCUT2D eigenvalue weighted by Gasteiger charge is -2.06. The van der Waals surface area contributed by atoms with E-state index in [1.165, 1.54) is 48.2 Å². The number of carbonyl (C=O) groups excluding carboxylic acids is 2. The number of carbonyl (C=O) groups is 2. The Bertz CT molecular complexity index is 966. The molecule has 1 amide bonds. The van der Waals surface area contributed by atoms with Crippen LogP contribution in [-0.4, -0.2) is 28.8 Å². The van der Waals surface area contributed by atoms with Gasteiger partial charge in [0.05, 0.1) is 19.2 Å². The molecular formula is C19H15ClFN3O3. The van der Waals surface area contributed by atoms with Gasteiger partial charge in [0.15, 0.2) is 5.82 Å². The van der Waals surface area contributed by atoms with E-state index in [1.54, 1.807) is 18.3 Å². The van der Waals surface area contributed by atoms with Gasteiger partial charge in [0.2, 0.25) is 0 Å². The van der Waals surface area contributed by atoms with Crippen molar-refractivity contribution in [1.82, 2.24) is 9.78 Å². The van der Waals surface area contributed by atoms with Crippen molar-refractivity contribution in [1.29, 1.82) is 0 Å². The summed E-state index contributed by atoms with van der Waals surface area (Å²) in [6.07, 6.45) is 1.61. The van der Waals surface area contributed by atoms with Gasteiger partial charge in [-0.1, -0.05) is 17.7 Å². The van der Waals surface area contributed by atoms with Crippen LogP contribution in [0.15, 0.2) is 54.7 Å². The molecule has 1 N–H and O–H groups in total. The summed E-state index contributed by atoms with van der Waals surface area (Å²) in [5, 5.41) is 7.15. The van der Waals surface area contributed by atoms with Crippen LogP contribution in [0.4, 0.5) is 10.2 Å². The Labute approximate surface area is 159 Å². The van der Waals surface area contributed by atoms with Crippen LogP contribution in [0.3, 0.4) is 0 Å². The zero-order valence-electron chi connectivity index (χ0n) is 14.3. The second kappa shape index (κ2) is 8.01. The van der Waals surface area contributed by atoms with Crippen LogP contribution in [0.2, 0.25) is 5.02 Å². The maximum absolute atomic E-state index is 13.9. The first-order chi connectivity index (χ1) is 13.0. The molecule has 3 rings (SSSR count). The highest BCUT2D eigenvalue weighted by Crippen LogP contribution is 2.20. The maximum atomic E-state index is 13.9. The molecule has 0 aliphatic rings. The molecule has 138 valence electrons. The number of rotatable bonds is 5. The highest BCUT2D eigenvalue weighted by Gasteiger charge is 2.12. The zero-order valence-corrected chi connectivity index (χ0v) is 15.0. The highest BCUT2D eigenvalue weighted by molar-refractivity contribution is 6.31. The van der Waals surface area contributed by atoms with Gasteiger partial charge in [0.1, 0.15) is 5.82 Å². The molecule has 0 saturated heterocycles. The second-order valence-corrected chi connectivity index (χ2v) is 6.03. The maximum Gasteiger partial charge on any atom is 0.337 e. The lowest BCUT2D eigenvalue weighted by atomic mass is 10.1. The van der Waals surface area contributed by atoms with Crippen LogP contribution in [0.5, 0.6) is 0 Å². The molecule has 0 unspecified atom stereocenters. The monoisotopic (exact) mass is 387 g/mol. The lowest BCUT2D eigenvalue weighted by molar-refractivity contribution is 0.0600. The molecule has 0 fully saturated rings. The second-order valence-electron chi connectivity index (χ2n) is 5.62. The van der Waals surface area contributed by atoms with Gasteiger partial charge in [-0.05, 0) is 36.4 Å². The first kappa shape index (κ1) is 18.6. The number of aromatic nitrogens is 2. The molecule has 6 nitrogen and oxygen atoms in total. The minimum atomic E-state index is -0.479. The predicted molar refractivity (Wildman–Crippen MR) is 98.5 cm³/mol. The minimum Gasteiger partial charge on any atom is -0.465 e. The first-order valence-electron chi connectivity index (χ1n) is 7.94. The van der Waals surface area contributed by atoms with Crippen LogP contribution < -0.4 is 5.32 Å². The molecule has 1 heterocycles. The van der Waals surface area contributed by atoms with Crippen LogP contribution >= 0.6 is 11.6 Å². The Hall–Kier alpha value is -3.19. The van der Waals surface area contributed by atoms with Crippen molar-refractivity contribution in [2.75, 3.05) is 12.4 Å². The van der Waals surface area contributed by atoms with E-state index in [0.717, 1.165) is 0 Å². The molecular weight excluding hydrogens is 373 g/mol. The average Bonchev–Trinajstić information content (AvgIpc) is 3.11. The number of esters is 1. The van der Waals surface area contributed by atoms with E-state index in [-0.39, 0.29) is 12.5 Å². The first-order valence-corrected chi connectivity index (χ1v) is 8.32. The third kappa shape index (κ3) is 4.32. The van der Waals surface area contributed by atoms with Crippen molar-refractivity contribution in [3.05, 3.63) is 82.3 Å². The molecule has 0 radical (unpaired) electrons. The number of nitrogens with one attached hydrogen (secondary N) is 1. The van der Waals surface area contributed by atoms with Gasteiger partial charge in [0.25, 0.3) is 5.91 Å². The topological polar surface area (TPSA) is 73.2 Å². The highest BCUT2D eigenvalue weighted by atomic mass is 35.5. The quantitative estimate of drug-likeness (QED) is 0.676. The van der Waals surface area contributed by atoms with E-state index in [4.69, 9.17) is 11.6 Å². The van der Waals surface area contributed by atoms with Gasteiger partial charge in [-0.25, -0.2) is 9.18 Å². The number of halogens is 2. The third-order valence-corrected chi connectivity index (χ3v) is 4.19. The summed E-state index contributed by atoms with van der Waals surface area (Å²) in [6, 6.07) is 12.1. The number of nitrogens with zero attached hydrogens (tertiary/aromatic N) is 2. The summed E-state index contributed by atoms with van der Waals surface area (Å²) < 4.78 is 19.9. The number of amides is 1. The SMILES string of the molecule is COC(=O)c1ccc(C(=O)Nc2ccn(Cc3c(F)cccc3Cl)n2)cc1. The average molecular weight is 388 g/mol. The van der Waals surface area contributed by atoms with E-state index < -0.39 is 11.8 Å². The Morgan fingerprint density at radius 2 is 1.85 bits per heavy atom. The number of ether oxygens (including phenoxy) is 1. The van der Waals surface area contributed by atoms with E-state index in [9.17, 15) is 14.0 Å². The smallest absolute Gasteiger partial charge is 0.337 e. The zero-order chi connectivity index (χ0) is 19.4. The fourth-order valence-electron chi connectivity index (χ4n) is 2.43. The number of hydrogen-bond acceptors (Lipinski definition) is 4. The fourth-order valence-corrected chi connectivity index (χ4v) is 2.65. The molecule has 8 heteroatoms. The largest absolute Gasteiger partial charge is 0.465 e. The molecule has 0 bridgehead atoms. The Morgan fingerprint density at radius 1 is 1.15 bits per heavy atom. The standard InChI is InChI=1S/C19H15ClFN3O3/c1-27-19(26)13-7-5-12(6-8-13)18(25)22-17-9-10-24(23-17)11-14-15(20)3-2-4-16(14)21/h2-10H,11H2,1H3,(H,22,23,25). The Morgan fingerprint density at radius 3 is 2.52 bits per heavy atom. The normalized spacial score (nSPS) is 10.5. The number of anilines is 1. The van der Waals surface area contributed by atoms with Crippen molar-refractivity contribution in [2.24, 2.45) is 0 Å².